The second-order valence-corrected chi connectivity index (χ2v) is 8.27. The van der Waals surface area contributed by atoms with Crippen molar-refractivity contribution < 1.29 is 28.5 Å². The number of carbonyl (C=O) groups excluding carboxylic acids is 2. The van der Waals surface area contributed by atoms with E-state index in [0.717, 1.165) is 17.4 Å². The maximum Gasteiger partial charge on any atom is 0.220 e. The Bertz CT molecular complexity index is 1240. The number of carbonyl (C=O) groups is 2. The molecular formula is C29H29NO6. The van der Waals surface area contributed by atoms with Crippen molar-refractivity contribution in [1.82, 2.24) is 5.32 Å². The van der Waals surface area contributed by atoms with Gasteiger partial charge in [-0.15, -0.1) is 0 Å². The summed E-state index contributed by atoms with van der Waals surface area (Å²) in [5, 5.41) is 3.16. The van der Waals surface area contributed by atoms with Crippen molar-refractivity contribution in [3.63, 3.8) is 0 Å². The van der Waals surface area contributed by atoms with Crippen LogP contribution in [0.2, 0.25) is 0 Å². The molecule has 4 rings (SSSR count). The monoisotopic (exact) mass is 487 g/mol. The van der Waals surface area contributed by atoms with Crippen LogP contribution in [0, 0.1) is 0 Å². The van der Waals surface area contributed by atoms with Crippen LogP contribution in [0.15, 0.2) is 73.3 Å². The Kier molecular flexibility index (Phi) is 8.24. The first-order valence-electron chi connectivity index (χ1n) is 11.8. The van der Waals surface area contributed by atoms with Gasteiger partial charge in [0.25, 0.3) is 0 Å². The molecule has 0 aromatic heterocycles. The van der Waals surface area contributed by atoms with Crippen LogP contribution < -0.4 is 24.3 Å². The minimum Gasteiger partial charge on any atom is -0.497 e. The molecule has 1 heterocycles. The Labute approximate surface area is 210 Å². The summed E-state index contributed by atoms with van der Waals surface area (Å²) < 4.78 is 22.7. The van der Waals surface area contributed by atoms with Crippen LogP contribution in [0.1, 0.15) is 46.8 Å². The summed E-state index contributed by atoms with van der Waals surface area (Å²) in [5.41, 5.74) is 2.26. The summed E-state index contributed by atoms with van der Waals surface area (Å²) in [5.74, 6) is 3.09. The highest BCUT2D eigenvalue weighted by Gasteiger charge is 2.28. The molecule has 7 nitrogen and oxygen atoms in total. The molecule has 1 amide bonds. The third-order valence-corrected chi connectivity index (χ3v) is 5.82. The van der Waals surface area contributed by atoms with Gasteiger partial charge in [-0.25, -0.2) is 0 Å². The number of amides is 1. The van der Waals surface area contributed by atoms with Crippen LogP contribution in [-0.4, -0.2) is 32.5 Å². The number of rotatable bonds is 12. The average Bonchev–Trinajstić information content (AvgIpc) is 2.91. The molecule has 1 unspecified atom stereocenters. The van der Waals surface area contributed by atoms with Crippen LogP contribution in [-0.2, 0) is 4.79 Å². The van der Waals surface area contributed by atoms with E-state index >= 15 is 0 Å². The first-order chi connectivity index (χ1) is 17.6. The van der Waals surface area contributed by atoms with Crippen molar-refractivity contribution in [2.45, 2.75) is 25.3 Å². The Morgan fingerprint density at radius 2 is 1.81 bits per heavy atom. The van der Waals surface area contributed by atoms with Gasteiger partial charge in [0.1, 0.15) is 35.4 Å². The standard InChI is InChI=1S/C29H29NO6/c1-3-15-35-26-18-22(12-11-20(26)19-31)34-16-7-6-10-28(32)30-29-23-8-4-5-9-25(23)36-27-17-21(33-2)13-14-24(27)29/h3-5,8-9,11-14,17-19,29H,1,6-7,10,15-16H2,2H3,(H,30,32). The van der Waals surface area contributed by atoms with Gasteiger partial charge in [0.05, 0.1) is 25.3 Å². The largest absolute Gasteiger partial charge is 0.497 e. The van der Waals surface area contributed by atoms with Gasteiger partial charge in [-0.3, -0.25) is 9.59 Å². The molecule has 1 aliphatic rings. The Morgan fingerprint density at radius 1 is 1.00 bits per heavy atom. The highest BCUT2D eigenvalue weighted by Crippen LogP contribution is 2.44. The van der Waals surface area contributed by atoms with E-state index in [4.69, 9.17) is 18.9 Å². The van der Waals surface area contributed by atoms with E-state index in [-0.39, 0.29) is 11.9 Å². The minimum absolute atomic E-state index is 0.0473. The number of hydrogen-bond acceptors (Lipinski definition) is 6. The normalized spacial score (nSPS) is 13.4. The van der Waals surface area contributed by atoms with Gasteiger partial charge in [0, 0.05) is 29.7 Å². The summed E-state index contributed by atoms with van der Waals surface area (Å²) >= 11 is 0. The SMILES string of the molecule is C=CCOc1cc(OCCCCC(=O)NC2c3ccccc3Oc3cc(OC)ccc32)ccc1C=O. The molecule has 1 aliphatic heterocycles. The molecule has 1 N–H and O–H groups in total. The predicted molar refractivity (Wildman–Crippen MR) is 136 cm³/mol. The number of aldehydes is 1. The lowest BCUT2D eigenvalue weighted by Crippen LogP contribution is -2.31. The molecule has 0 saturated heterocycles. The highest BCUT2D eigenvalue weighted by atomic mass is 16.5. The summed E-state index contributed by atoms with van der Waals surface area (Å²) in [6, 6.07) is 18.1. The summed E-state index contributed by atoms with van der Waals surface area (Å²) in [4.78, 5) is 24.0. The molecule has 3 aromatic carbocycles. The lowest BCUT2D eigenvalue weighted by molar-refractivity contribution is -0.121. The predicted octanol–water partition coefficient (Wildman–Crippen LogP) is 5.63. The summed E-state index contributed by atoms with van der Waals surface area (Å²) in [6.45, 7) is 4.36. The minimum atomic E-state index is -0.301. The van der Waals surface area contributed by atoms with Crippen LogP contribution in [0.4, 0.5) is 0 Å². The fourth-order valence-electron chi connectivity index (χ4n) is 4.01. The maximum absolute atomic E-state index is 12.8. The second kappa shape index (κ2) is 11.9. The topological polar surface area (TPSA) is 83.1 Å². The van der Waals surface area contributed by atoms with Crippen LogP contribution >= 0.6 is 0 Å². The molecule has 186 valence electrons. The van der Waals surface area contributed by atoms with E-state index in [0.29, 0.717) is 66.8 Å². The smallest absolute Gasteiger partial charge is 0.220 e. The van der Waals surface area contributed by atoms with E-state index in [1.54, 1.807) is 31.4 Å². The molecule has 0 bridgehead atoms. The van der Waals surface area contributed by atoms with Crippen molar-refractivity contribution in [3.8, 4) is 28.7 Å². The summed E-state index contributed by atoms with van der Waals surface area (Å²) in [7, 11) is 1.61. The summed E-state index contributed by atoms with van der Waals surface area (Å²) in [6.07, 6.45) is 4.09. The zero-order valence-corrected chi connectivity index (χ0v) is 20.2. The van der Waals surface area contributed by atoms with Crippen LogP contribution in [0.3, 0.4) is 0 Å². The number of nitrogens with one attached hydrogen (secondary N) is 1. The number of para-hydroxylation sites is 1. The lowest BCUT2D eigenvalue weighted by Gasteiger charge is -2.29. The van der Waals surface area contributed by atoms with E-state index < -0.39 is 0 Å². The first-order valence-corrected chi connectivity index (χ1v) is 11.8. The number of methoxy groups -OCH3 is 1. The fourth-order valence-corrected chi connectivity index (χ4v) is 4.01. The van der Waals surface area contributed by atoms with Crippen molar-refractivity contribution in [1.29, 1.82) is 0 Å². The Hall–Kier alpha value is -4.26. The molecule has 0 radical (unpaired) electrons. The number of hydrogen-bond donors (Lipinski definition) is 1. The van der Waals surface area contributed by atoms with E-state index in [1.165, 1.54) is 0 Å². The van der Waals surface area contributed by atoms with Gasteiger partial charge >= 0.3 is 0 Å². The number of unbranched alkanes of at least 4 members (excludes halogenated alkanes) is 1. The van der Waals surface area contributed by atoms with Crippen molar-refractivity contribution in [2.75, 3.05) is 20.3 Å². The van der Waals surface area contributed by atoms with E-state index in [1.807, 2.05) is 42.5 Å². The van der Waals surface area contributed by atoms with E-state index in [9.17, 15) is 9.59 Å². The molecule has 0 saturated carbocycles. The first kappa shape index (κ1) is 24.9. The number of benzene rings is 3. The van der Waals surface area contributed by atoms with Crippen molar-refractivity contribution >= 4 is 12.2 Å². The van der Waals surface area contributed by atoms with Gasteiger partial charge in [-0.1, -0.05) is 30.9 Å². The van der Waals surface area contributed by atoms with Gasteiger partial charge < -0.3 is 24.3 Å². The van der Waals surface area contributed by atoms with E-state index in [2.05, 4.69) is 11.9 Å². The zero-order valence-electron chi connectivity index (χ0n) is 20.2. The molecule has 3 aromatic rings. The van der Waals surface area contributed by atoms with Crippen molar-refractivity contribution in [3.05, 3.63) is 90.0 Å². The third-order valence-electron chi connectivity index (χ3n) is 5.82. The average molecular weight is 488 g/mol. The van der Waals surface area contributed by atoms with Crippen LogP contribution in [0.25, 0.3) is 0 Å². The molecule has 0 aliphatic carbocycles. The molecule has 36 heavy (non-hydrogen) atoms. The highest BCUT2D eigenvalue weighted by molar-refractivity contribution is 5.80. The molecule has 0 fully saturated rings. The molecule has 1 atom stereocenters. The van der Waals surface area contributed by atoms with Crippen LogP contribution in [0.5, 0.6) is 28.7 Å². The van der Waals surface area contributed by atoms with Gasteiger partial charge in [-0.05, 0) is 43.2 Å². The Morgan fingerprint density at radius 3 is 2.61 bits per heavy atom. The molecule has 7 heteroatoms. The Balaban J connectivity index is 1.31. The second-order valence-electron chi connectivity index (χ2n) is 8.27. The fraction of sp³-hybridized carbons (Fsp3) is 0.241. The zero-order chi connectivity index (χ0) is 25.3. The maximum atomic E-state index is 12.8. The number of fused-ring (bicyclic) bond motifs is 2. The lowest BCUT2D eigenvalue weighted by atomic mass is 9.94. The van der Waals surface area contributed by atoms with Gasteiger partial charge in [0.15, 0.2) is 6.29 Å². The quantitative estimate of drug-likeness (QED) is 0.202. The van der Waals surface area contributed by atoms with Gasteiger partial charge in [0.2, 0.25) is 5.91 Å². The number of ether oxygens (including phenoxy) is 4. The van der Waals surface area contributed by atoms with Crippen molar-refractivity contribution in [2.24, 2.45) is 0 Å². The molecule has 0 spiro atoms. The molecular weight excluding hydrogens is 458 g/mol. The van der Waals surface area contributed by atoms with Gasteiger partial charge in [-0.2, -0.15) is 0 Å². The third kappa shape index (κ3) is 5.86.